The lowest BCUT2D eigenvalue weighted by Gasteiger charge is -2.08. The molecule has 0 rings (SSSR count). The Hall–Kier alpha value is -0.770. The van der Waals surface area contributed by atoms with Crippen molar-refractivity contribution in [3.8, 4) is 0 Å². The van der Waals surface area contributed by atoms with Gasteiger partial charge in [-0.05, 0) is 6.92 Å². The number of carboxylic acid groups (broad SMARTS) is 1. The van der Waals surface area contributed by atoms with E-state index in [4.69, 9.17) is 5.11 Å². The average molecular weight is 133 g/mol. The van der Waals surface area contributed by atoms with Crippen molar-refractivity contribution < 1.29 is 14.6 Å². The van der Waals surface area contributed by atoms with E-state index >= 15 is 0 Å². The fraction of sp³-hybridized carbons (Fsp3) is 0.800. The summed E-state index contributed by atoms with van der Waals surface area (Å²) in [6.07, 6.45) is -1.01. The number of amides is 1. The number of hydrogen-bond acceptors (Lipinski definition) is 2. The number of hydrogen-bond donors (Lipinski definition) is 2. The van der Waals surface area contributed by atoms with Crippen LogP contribution in [-0.2, 0) is 4.74 Å². The van der Waals surface area contributed by atoms with Crippen LogP contribution >= 0.6 is 0 Å². The van der Waals surface area contributed by atoms with E-state index in [2.05, 4.69) is 10.1 Å². The molecule has 1 atom stereocenters. The van der Waals surface area contributed by atoms with Crippen LogP contribution in [0.4, 0.5) is 4.79 Å². The van der Waals surface area contributed by atoms with E-state index in [-0.39, 0.29) is 6.04 Å². The third kappa shape index (κ3) is 5.10. The molecule has 0 spiro atoms. The van der Waals surface area contributed by atoms with Crippen molar-refractivity contribution in [1.82, 2.24) is 5.32 Å². The van der Waals surface area contributed by atoms with Crippen molar-refractivity contribution in [2.24, 2.45) is 0 Å². The highest BCUT2D eigenvalue weighted by Crippen LogP contribution is 1.80. The minimum Gasteiger partial charge on any atom is -0.465 e. The zero-order valence-electron chi connectivity index (χ0n) is 5.55. The Labute approximate surface area is 53.8 Å². The topological polar surface area (TPSA) is 58.6 Å². The van der Waals surface area contributed by atoms with Gasteiger partial charge in [0.05, 0.1) is 12.6 Å². The van der Waals surface area contributed by atoms with Crippen molar-refractivity contribution in [3.05, 3.63) is 0 Å². The number of rotatable bonds is 3. The van der Waals surface area contributed by atoms with Crippen LogP contribution in [0.5, 0.6) is 0 Å². The zero-order chi connectivity index (χ0) is 7.28. The molecule has 0 radical (unpaired) electrons. The maximum Gasteiger partial charge on any atom is 0.404 e. The lowest BCUT2D eigenvalue weighted by Crippen LogP contribution is -2.34. The highest BCUT2D eigenvalue weighted by Gasteiger charge is 2.02. The van der Waals surface area contributed by atoms with Gasteiger partial charge >= 0.3 is 6.09 Å². The lowest BCUT2D eigenvalue weighted by molar-refractivity contribution is 0.156. The van der Waals surface area contributed by atoms with Gasteiger partial charge in [-0.3, -0.25) is 0 Å². The summed E-state index contributed by atoms with van der Waals surface area (Å²) in [6, 6.07) is -0.132. The fourth-order valence-electron chi connectivity index (χ4n) is 0.502. The van der Waals surface area contributed by atoms with Gasteiger partial charge in [-0.1, -0.05) is 0 Å². The van der Waals surface area contributed by atoms with Crippen LogP contribution in [0.1, 0.15) is 6.92 Å². The molecule has 0 bridgehead atoms. The highest BCUT2D eigenvalue weighted by molar-refractivity contribution is 5.64. The summed E-state index contributed by atoms with van der Waals surface area (Å²) in [5, 5.41) is 10.4. The summed E-state index contributed by atoms with van der Waals surface area (Å²) in [5.41, 5.74) is 0. The van der Waals surface area contributed by atoms with E-state index in [1.807, 2.05) is 0 Å². The molecule has 0 fully saturated rings. The van der Waals surface area contributed by atoms with Crippen LogP contribution in [0.25, 0.3) is 0 Å². The SMILES string of the molecule is COCC(C)NC(=O)O. The van der Waals surface area contributed by atoms with Crippen LogP contribution in [-0.4, -0.2) is 31.0 Å². The van der Waals surface area contributed by atoms with Crippen molar-refractivity contribution >= 4 is 6.09 Å². The van der Waals surface area contributed by atoms with Crippen molar-refractivity contribution in [2.45, 2.75) is 13.0 Å². The average Bonchev–Trinajstić information content (AvgIpc) is 1.63. The molecule has 1 unspecified atom stereocenters. The normalized spacial score (nSPS) is 12.7. The second-order valence-electron chi connectivity index (χ2n) is 1.81. The standard InChI is InChI=1S/C5H11NO3/c1-4(3-9-2)6-5(7)8/h4,6H,3H2,1-2H3,(H,7,8). The first-order valence-corrected chi connectivity index (χ1v) is 2.65. The summed E-state index contributed by atoms with van der Waals surface area (Å²) in [5.74, 6) is 0. The van der Waals surface area contributed by atoms with Gasteiger partial charge in [-0.15, -0.1) is 0 Å². The summed E-state index contributed by atoms with van der Waals surface area (Å²) in [7, 11) is 1.53. The van der Waals surface area contributed by atoms with Crippen LogP contribution in [0.15, 0.2) is 0 Å². The molecule has 4 heteroatoms. The van der Waals surface area contributed by atoms with Gasteiger partial charge in [-0.25, -0.2) is 4.79 Å². The Kier molecular flexibility index (Phi) is 3.79. The first kappa shape index (κ1) is 8.23. The Morgan fingerprint density at radius 1 is 1.89 bits per heavy atom. The van der Waals surface area contributed by atoms with Crippen molar-refractivity contribution in [3.63, 3.8) is 0 Å². The molecule has 0 saturated carbocycles. The van der Waals surface area contributed by atoms with Crippen molar-refractivity contribution in [1.29, 1.82) is 0 Å². The van der Waals surface area contributed by atoms with E-state index in [0.29, 0.717) is 6.61 Å². The highest BCUT2D eigenvalue weighted by atomic mass is 16.5. The fourth-order valence-corrected chi connectivity index (χ4v) is 0.502. The Morgan fingerprint density at radius 2 is 2.44 bits per heavy atom. The van der Waals surface area contributed by atoms with Crippen LogP contribution in [0.3, 0.4) is 0 Å². The molecule has 0 aromatic heterocycles. The van der Waals surface area contributed by atoms with Gasteiger partial charge in [-0.2, -0.15) is 0 Å². The number of methoxy groups -OCH3 is 1. The maximum absolute atomic E-state index is 9.92. The van der Waals surface area contributed by atoms with Gasteiger partial charge < -0.3 is 15.2 Å². The summed E-state index contributed by atoms with van der Waals surface area (Å²) < 4.78 is 4.68. The maximum atomic E-state index is 9.92. The van der Waals surface area contributed by atoms with Gasteiger partial charge in [0.15, 0.2) is 0 Å². The van der Waals surface area contributed by atoms with Crippen LogP contribution in [0.2, 0.25) is 0 Å². The second kappa shape index (κ2) is 4.14. The third-order valence-electron chi connectivity index (χ3n) is 0.787. The Morgan fingerprint density at radius 3 is 2.78 bits per heavy atom. The second-order valence-corrected chi connectivity index (χ2v) is 1.81. The van der Waals surface area contributed by atoms with E-state index in [9.17, 15) is 4.79 Å². The quantitative estimate of drug-likeness (QED) is 0.581. The van der Waals surface area contributed by atoms with Crippen molar-refractivity contribution in [2.75, 3.05) is 13.7 Å². The molecule has 1 amide bonds. The Bertz CT molecular complexity index is 94.2. The monoisotopic (exact) mass is 133 g/mol. The van der Waals surface area contributed by atoms with Gasteiger partial charge in [0.2, 0.25) is 0 Å². The van der Waals surface area contributed by atoms with E-state index in [0.717, 1.165) is 0 Å². The summed E-state index contributed by atoms with van der Waals surface area (Å²) in [6.45, 7) is 2.14. The molecular formula is C5H11NO3. The van der Waals surface area contributed by atoms with E-state index in [1.54, 1.807) is 6.92 Å². The van der Waals surface area contributed by atoms with Crippen LogP contribution < -0.4 is 5.32 Å². The number of nitrogens with one attached hydrogen (secondary N) is 1. The molecule has 2 N–H and O–H groups in total. The minimum atomic E-state index is -1.01. The molecule has 0 saturated heterocycles. The molecule has 0 heterocycles. The molecule has 4 nitrogen and oxygen atoms in total. The number of carbonyl (C=O) groups is 1. The van der Waals surface area contributed by atoms with Crippen LogP contribution in [0, 0.1) is 0 Å². The summed E-state index contributed by atoms with van der Waals surface area (Å²) >= 11 is 0. The molecule has 54 valence electrons. The molecule has 0 aromatic rings. The van der Waals surface area contributed by atoms with Gasteiger partial charge in [0.25, 0.3) is 0 Å². The summed E-state index contributed by atoms with van der Waals surface area (Å²) in [4.78, 5) is 9.92. The number of ether oxygens (including phenoxy) is 1. The predicted molar refractivity (Wildman–Crippen MR) is 32.5 cm³/mol. The van der Waals surface area contributed by atoms with E-state index < -0.39 is 6.09 Å². The van der Waals surface area contributed by atoms with Gasteiger partial charge in [0, 0.05) is 7.11 Å². The molecule has 9 heavy (non-hydrogen) atoms. The molecule has 0 aliphatic rings. The molecule has 0 aromatic carbocycles. The first-order chi connectivity index (χ1) is 4.16. The Balaban J connectivity index is 3.26. The largest absolute Gasteiger partial charge is 0.465 e. The molecule has 0 aliphatic heterocycles. The molecular weight excluding hydrogens is 122 g/mol. The smallest absolute Gasteiger partial charge is 0.404 e. The molecule has 0 aliphatic carbocycles. The van der Waals surface area contributed by atoms with Gasteiger partial charge in [0.1, 0.15) is 0 Å². The predicted octanol–water partition coefficient (Wildman–Crippen LogP) is 0.289. The lowest BCUT2D eigenvalue weighted by atomic mass is 10.4. The van der Waals surface area contributed by atoms with E-state index in [1.165, 1.54) is 7.11 Å². The zero-order valence-corrected chi connectivity index (χ0v) is 5.55. The minimum absolute atomic E-state index is 0.132. The third-order valence-corrected chi connectivity index (χ3v) is 0.787. The first-order valence-electron chi connectivity index (χ1n) is 2.65.